The maximum Gasteiger partial charge on any atom is 0.439 e. The Balaban J connectivity index is 2.22. The number of halogens is 1. The van der Waals surface area contributed by atoms with Gasteiger partial charge in [0.15, 0.2) is 5.75 Å². The van der Waals surface area contributed by atoms with Gasteiger partial charge < -0.3 is 9.84 Å². The number of aromatic hydroxyl groups is 1. The molecule has 0 atom stereocenters. The van der Waals surface area contributed by atoms with E-state index in [9.17, 15) is 14.7 Å². The van der Waals surface area contributed by atoms with Gasteiger partial charge in [-0.15, -0.1) is 0 Å². The van der Waals surface area contributed by atoms with E-state index in [-0.39, 0.29) is 10.8 Å². The lowest BCUT2D eigenvalue weighted by Crippen LogP contribution is -2.10. The molecule has 8 heteroatoms. The third-order valence-corrected chi connectivity index (χ3v) is 4.44. The summed E-state index contributed by atoms with van der Waals surface area (Å²) < 4.78 is 6.77. The number of amides is 1. The van der Waals surface area contributed by atoms with Crippen LogP contribution in [0.5, 0.6) is 11.6 Å². The van der Waals surface area contributed by atoms with Crippen LogP contribution in [0, 0.1) is 0 Å². The third kappa shape index (κ3) is 2.06. The van der Waals surface area contributed by atoms with Crippen LogP contribution in [0.1, 0.15) is 4.88 Å². The van der Waals surface area contributed by atoms with E-state index in [4.69, 9.17) is 4.74 Å². The Bertz CT molecular complexity index is 913. The first kappa shape index (κ1) is 13.1. The second-order valence-corrected chi connectivity index (χ2v) is 5.93. The Kier molecular flexibility index (Phi) is 2.98. The van der Waals surface area contributed by atoms with Gasteiger partial charge in [0.2, 0.25) is 5.88 Å². The standard InChI is InChI=1S/C12H7BrN2O4S/c1-15-10(16)9(20-12(15)18)3-5-2-8-7(4-6(5)13)14-11(17)19-8/h2-4,16H,1H3/b5-3+. The smallest absolute Gasteiger partial charge is 0.439 e. The highest BCUT2D eigenvalue weighted by molar-refractivity contribution is 9.10. The van der Waals surface area contributed by atoms with Crippen molar-refractivity contribution in [1.29, 1.82) is 0 Å². The van der Waals surface area contributed by atoms with Gasteiger partial charge in [-0.2, -0.15) is 4.99 Å². The fourth-order valence-electron chi connectivity index (χ4n) is 1.75. The fraction of sp³-hybridized carbons (Fsp3) is 0.0833. The third-order valence-electron chi connectivity index (χ3n) is 2.78. The Hall–Kier alpha value is -1.93. The quantitative estimate of drug-likeness (QED) is 0.823. The molecule has 1 aliphatic rings. The molecular weight excluding hydrogens is 348 g/mol. The molecule has 2 heterocycles. The van der Waals surface area contributed by atoms with Crippen LogP contribution in [-0.2, 0) is 7.05 Å². The largest absolute Gasteiger partial charge is 0.493 e. The summed E-state index contributed by atoms with van der Waals surface area (Å²) in [5, 5.41) is 10.9. The molecule has 1 aromatic heterocycles. The van der Waals surface area contributed by atoms with Crippen LogP contribution < -0.4 is 20.2 Å². The van der Waals surface area contributed by atoms with Crippen molar-refractivity contribution in [3.63, 3.8) is 0 Å². The number of aromatic nitrogens is 1. The van der Waals surface area contributed by atoms with Crippen molar-refractivity contribution in [2.24, 2.45) is 12.0 Å². The van der Waals surface area contributed by atoms with Gasteiger partial charge in [0.05, 0.1) is 4.88 Å². The fourth-order valence-corrected chi connectivity index (χ4v) is 3.02. The minimum Gasteiger partial charge on any atom is -0.493 e. The van der Waals surface area contributed by atoms with Crippen LogP contribution in [0.25, 0.3) is 6.08 Å². The van der Waals surface area contributed by atoms with Crippen molar-refractivity contribution >= 4 is 39.4 Å². The minimum absolute atomic E-state index is 0.103. The molecule has 0 radical (unpaired) electrons. The second kappa shape index (κ2) is 4.57. The predicted octanol–water partition coefficient (Wildman–Crippen LogP) is 0.876. The normalized spacial score (nSPS) is 14.1. The molecule has 0 fully saturated rings. The predicted molar refractivity (Wildman–Crippen MR) is 75.7 cm³/mol. The van der Waals surface area contributed by atoms with Crippen molar-refractivity contribution in [2.75, 3.05) is 0 Å². The Labute approximate surface area is 124 Å². The number of thiazole rings is 1. The summed E-state index contributed by atoms with van der Waals surface area (Å²) in [7, 11) is 1.49. The van der Waals surface area contributed by atoms with Gasteiger partial charge >= 0.3 is 11.0 Å². The van der Waals surface area contributed by atoms with Gasteiger partial charge in [-0.3, -0.25) is 9.36 Å². The topological polar surface area (TPSA) is 80.9 Å². The van der Waals surface area contributed by atoms with Gasteiger partial charge in [0.25, 0.3) is 0 Å². The number of rotatable bonds is 1. The van der Waals surface area contributed by atoms with E-state index >= 15 is 0 Å². The van der Waals surface area contributed by atoms with Crippen LogP contribution in [0.3, 0.4) is 0 Å². The Morgan fingerprint density at radius 2 is 2.20 bits per heavy atom. The van der Waals surface area contributed by atoms with E-state index in [1.165, 1.54) is 7.05 Å². The zero-order valence-corrected chi connectivity index (χ0v) is 12.5. The Morgan fingerprint density at radius 3 is 2.85 bits per heavy atom. The first-order valence-electron chi connectivity index (χ1n) is 5.46. The summed E-state index contributed by atoms with van der Waals surface area (Å²) in [6.45, 7) is 0. The van der Waals surface area contributed by atoms with Crippen molar-refractivity contribution in [2.45, 2.75) is 0 Å². The van der Waals surface area contributed by atoms with Gasteiger partial charge in [0.1, 0.15) is 5.36 Å². The van der Waals surface area contributed by atoms with E-state index in [1.54, 1.807) is 18.2 Å². The molecule has 0 saturated carbocycles. The molecular formula is C12H7BrN2O4S. The van der Waals surface area contributed by atoms with Crippen LogP contribution in [-0.4, -0.2) is 15.8 Å². The molecule has 1 aromatic carbocycles. The number of benzene rings is 1. The lowest BCUT2D eigenvalue weighted by Gasteiger charge is -1.97. The van der Waals surface area contributed by atoms with E-state index in [2.05, 4.69) is 20.9 Å². The number of carbonyl (C=O) groups excluding carboxylic acids is 1. The van der Waals surface area contributed by atoms with E-state index in [0.717, 1.165) is 15.9 Å². The summed E-state index contributed by atoms with van der Waals surface area (Å²) in [4.78, 5) is 26.4. The van der Waals surface area contributed by atoms with Crippen LogP contribution in [0.15, 0.2) is 26.4 Å². The molecule has 20 heavy (non-hydrogen) atoms. The zero-order chi connectivity index (χ0) is 14.4. The molecule has 1 aliphatic heterocycles. The SMILES string of the molecule is Cn1c(O)c(/C=c2\cc3c(cc2Br)=NC(=O)O3)sc1=O. The molecule has 0 saturated heterocycles. The lowest BCUT2D eigenvalue weighted by molar-refractivity contribution is 0.215. The maximum absolute atomic E-state index is 11.5. The monoisotopic (exact) mass is 354 g/mol. The molecule has 0 aliphatic carbocycles. The Morgan fingerprint density at radius 1 is 1.45 bits per heavy atom. The highest BCUT2D eigenvalue weighted by atomic mass is 79.9. The molecule has 0 unspecified atom stereocenters. The number of carbonyl (C=O) groups is 1. The van der Waals surface area contributed by atoms with Crippen LogP contribution in [0.4, 0.5) is 4.79 Å². The number of hydrogen-bond acceptors (Lipinski definition) is 5. The molecule has 6 nitrogen and oxygen atoms in total. The molecule has 2 aromatic rings. The lowest BCUT2D eigenvalue weighted by atomic mass is 10.2. The van der Waals surface area contributed by atoms with Gasteiger partial charge in [-0.1, -0.05) is 27.3 Å². The van der Waals surface area contributed by atoms with E-state index in [0.29, 0.717) is 25.7 Å². The zero-order valence-electron chi connectivity index (χ0n) is 10.1. The second-order valence-electron chi connectivity index (χ2n) is 4.08. The first-order valence-corrected chi connectivity index (χ1v) is 7.07. The molecule has 0 bridgehead atoms. The van der Waals surface area contributed by atoms with Gasteiger partial charge in [0, 0.05) is 11.5 Å². The van der Waals surface area contributed by atoms with Crippen molar-refractivity contribution in [1.82, 2.24) is 4.57 Å². The van der Waals surface area contributed by atoms with Crippen LogP contribution in [0.2, 0.25) is 0 Å². The minimum atomic E-state index is -0.656. The summed E-state index contributed by atoms with van der Waals surface area (Å²) in [5.74, 6) is 0.251. The number of ether oxygens (including phenoxy) is 1. The number of nitrogens with zero attached hydrogens (tertiary/aromatic N) is 2. The van der Waals surface area contributed by atoms with Crippen molar-refractivity contribution in [3.8, 4) is 11.6 Å². The molecule has 1 N–H and O–H groups in total. The number of fused-ring (bicyclic) bond motifs is 1. The van der Waals surface area contributed by atoms with E-state index < -0.39 is 6.09 Å². The van der Waals surface area contributed by atoms with Crippen molar-refractivity contribution < 1.29 is 14.6 Å². The average Bonchev–Trinajstić information content (AvgIpc) is 2.85. The highest BCUT2D eigenvalue weighted by Crippen LogP contribution is 2.20. The highest BCUT2D eigenvalue weighted by Gasteiger charge is 2.15. The summed E-state index contributed by atoms with van der Waals surface area (Å²) >= 11 is 4.29. The maximum atomic E-state index is 11.5. The first-order chi connectivity index (χ1) is 9.45. The average molecular weight is 355 g/mol. The van der Waals surface area contributed by atoms with Crippen molar-refractivity contribution in [3.05, 3.63) is 41.7 Å². The molecule has 0 spiro atoms. The molecule has 1 amide bonds. The van der Waals surface area contributed by atoms with Gasteiger partial charge in [-0.25, -0.2) is 4.79 Å². The number of hydrogen-bond donors (Lipinski definition) is 1. The molecule has 102 valence electrons. The summed E-state index contributed by atoms with van der Waals surface area (Å²) in [5.41, 5.74) is 0. The summed E-state index contributed by atoms with van der Waals surface area (Å²) in [6.07, 6.45) is 0.981. The van der Waals surface area contributed by atoms with E-state index in [1.807, 2.05) is 0 Å². The summed E-state index contributed by atoms with van der Waals surface area (Å²) in [6, 6.07) is 3.27. The molecule has 3 rings (SSSR count). The van der Waals surface area contributed by atoms with Gasteiger partial charge in [-0.05, 0) is 23.4 Å². The van der Waals surface area contributed by atoms with Crippen LogP contribution >= 0.6 is 27.3 Å².